The number of H-pyrrole nitrogens is 1. The van der Waals surface area contributed by atoms with E-state index < -0.39 is 10.0 Å². The fraction of sp³-hybridized carbons (Fsp3) is 0.375. The van der Waals surface area contributed by atoms with Crippen LogP contribution >= 0.6 is 0 Å². The number of aromatic nitrogens is 1. The van der Waals surface area contributed by atoms with Crippen LogP contribution in [0.4, 0.5) is 0 Å². The first-order valence-corrected chi connectivity index (χ1v) is 12.0. The normalized spacial score (nSPS) is 15.1. The van der Waals surface area contributed by atoms with E-state index in [4.69, 9.17) is 4.74 Å². The zero-order valence-corrected chi connectivity index (χ0v) is 19.0. The molecule has 0 unspecified atom stereocenters. The molecule has 0 bridgehead atoms. The molecule has 1 aromatic heterocycles. The standard InChI is InChI=1S/C24H28N2O4S/c1-16-12-17(2)22-14-18(24(27)25-23(22)13-16)15-26(19-6-4-5-7-19)31(28,29)21-10-8-20(30-3)9-11-21/h8-14,19H,4-7,15H2,1-3H3,(H,25,27). The van der Waals surface area contributed by atoms with Crippen molar-refractivity contribution in [1.29, 1.82) is 0 Å². The van der Waals surface area contributed by atoms with Gasteiger partial charge >= 0.3 is 0 Å². The Bertz CT molecular complexity index is 1260. The van der Waals surface area contributed by atoms with Gasteiger partial charge in [-0.05, 0) is 74.2 Å². The molecule has 1 saturated carbocycles. The van der Waals surface area contributed by atoms with Gasteiger partial charge < -0.3 is 9.72 Å². The number of rotatable bonds is 6. The Hall–Kier alpha value is -2.64. The van der Waals surface area contributed by atoms with Crippen molar-refractivity contribution < 1.29 is 13.2 Å². The molecule has 1 aliphatic rings. The predicted octanol–water partition coefficient (Wildman–Crippen LogP) is 4.29. The van der Waals surface area contributed by atoms with Crippen molar-refractivity contribution in [2.45, 2.75) is 57.0 Å². The van der Waals surface area contributed by atoms with Crippen molar-refractivity contribution in [2.75, 3.05) is 7.11 Å². The van der Waals surface area contributed by atoms with Gasteiger partial charge in [0.2, 0.25) is 10.0 Å². The Morgan fingerprint density at radius 2 is 1.74 bits per heavy atom. The summed E-state index contributed by atoms with van der Waals surface area (Å²) in [4.78, 5) is 16.0. The van der Waals surface area contributed by atoms with Crippen molar-refractivity contribution in [3.63, 3.8) is 0 Å². The zero-order chi connectivity index (χ0) is 22.2. The van der Waals surface area contributed by atoms with E-state index in [0.717, 1.165) is 47.7 Å². The van der Waals surface area contributed by atoms with Crippen LogP contribution in [0.5, 0.6) is 5.75 Å². The predicted molar refractivity (Wildman–Crippen MR) is 122 cm³/mol. The lowest BCUT2D eigenvalue weighted by molar-refractivity contribution is 0.315. The van der Waals surface area contributed by atoms with Crippen LogP contribution in [0.2, 0.25) is 0 Å². The van der Waals surface area contributed by atoms with E-state index in [0.29, 0.717) is 11.3 Å². The number of hydrogen-bond donors (Lipinski definition) is 1. The molecular weight excluding hydrogens is 412 g/mol. The van der Waals surface area contributed by atoms with Gasteiger partial charge in [0, 0.05) is 29.1 Å². The summed E-state index contributed by atoms with van der Waals surface area (Å²) in [6.07, 6.45) is 3.59. The first kappa shape index (κ1) is 21.6. The van der Waals surface area contributed by atoms with Crippen LogP contribution in [0.3, 0.4) is 0 Å². The third-order valence-electron chi connectivity index (χ3n) is 6.11. The number of hydrogen-bond acceptors (Lipinski definition) is 4. The Morgan fingerprint density at radius 1 is 1.06 bits per heavy atom. The van der Waals surface area contributed by atoms with Crippen LogP contribution in [0.25, 0.3) is 10.9 Å². The Morgan fingerprint density at radius 3 is 2.39 bits per heavy atom. The molecule has 164 valence electrons. The lowest BCUT2D eigenvalue weighted by atomic mass is 10.0. The average molecular weight is 441 g/mol. The van der Waals surface area contributed by atoms with Crippen LogP contribution in [0.1, 0.15) is 42.4 Å². The van der Waals surface area contributed by atoms with Gasteiger partial charge in [-0.25, -0.2) is 8.42 Å². The molecule has 2 aromatic carbocycles. The van der Waals surface area contributed by atoms with E-state index in [9.17, 15) is 13.2 Å². The summed E-state index contributed by atoms with van der Waals surface area (Å²) in [6.45, 7) is 4.04. The molecule has 0 radical (unpaired) electrons. The summed E-state index contributed by atoms with van der Waals surface area (Å²) in [7, 11) is -2.22. The van der Waals surface area contributed by atoms with Crippen LogP contribution in [0, 0.1) is 13.8 Å². The van der Waals surface area contributed by atoms with Crippen molar-refractivity contribution in [3.8, 4) is 5.75 Å². The van der Waals surface area contributed by atoms with Crippen LogP contribution in [0.15, 0.2) is 52.2 Å². The van der Waals surface area contributed by atoms with E-state index in [1.54, 1.807) is 31.4 Å². The van der Waals surface area contributed by atoms with Gasteiger partial charge in [-0.15, -0.1) is 0 Å². The summed E-state index contributed by atoms with van der Waals surface area (Å²) >= 11 is 0. The third kappa shape index (κ3) is 4.25. The summed E-state index contributed by atoms with van der Waals surface area (Å²) < 4.78 is 33.8. The number of sulfonamides is 1. The van der Waals surface area contributed by atoms with Crippen molar-refractivity contribution in [3.05, 3.63) is 69.5 Å². The minimum Gasteiger partial charge on any atom is -0.497 e. The lowest BCUT2D eigenvalue weighted by Gasteiger charge is -2.28. The van der Waals surface area contributed by atoms with Crippen LogP contribution < -0.4 is 10.3 Å². The fourth-order valence-corrected chi connectivity index (χ4v) is 6.15. The Balaban J connectivity index is 1.77. The molecule has 31 heavy (non-hydrogen) atoms. The smallest absolute Gasteiger partial charge is 0.252 e. The van der Waals surface area contributed by atoms with Gasteiger partial charge in [0.15, 0.2) is 0 Å². The largest absolute Gasteiger partial charge is 0.497 e. The molecule has 0 aliphatic heterocycles. The number of pyridine rings is 1. The molecule has 1 aliphatic carbocycles. The topological polar surface area (TPSA) is 79.5 Å². The number of aryl methyl sites for hydroxylation is 2. The highest BCUT2D eigenvalue weighted by molar-refractivity contribution is 7.89. The second kappa shape index (κ2) is 8.48. The molecule has 3 aromatic rings. The highest BCUT2D eigenvalue weighted by Gasteiger charge is 2.34. The van der Waals surface area contributed by atoms with Crippen LogP contribution in [-0.4, -0.2) is 30.9 Å². The summed E-state index contributed by atoms with van der Waals surface area (Å²) in [5, 5.41) is 0.938. The lowest BCUT2D eigenvalue weighted by Crippen LogP contribution is -2.39. The van der Waals surface area contributed by atoms with E-state index in [1.165, 1.54) is 4.31 Å². The Kier molecular flexibility index (Phi) is 5.90. The number of aromatic amines is 1. The SMILES string of the molecule is COc1ccc(S(=O)(=O)N(Cc2cc3c(C)cc(C)cc3[nH]c2=O)C2CCCC2)cc1. The highest BCUT2D eigenvalue weighted by Crippen LogP contribution is 2.31. The number of ether oxygens (including phenoxy) is 1. The van der Waals surface area contributed by atoms with E-state index in [2.05, 4.69) is 11.1 Å². The fourth-order valence-electron chi connectivity index (χ4n) is 4.49. The van der Waals surface area contributed by atoms with Gasteiger partial charge in [0.25, 0.3) is 5.56 Å². The van der Waals surface area contributed by atoms with Crippen molar-refractivity contribution >= 4 is 20.9 Å². The molecule has 0 spiro atoms. The van der Waals surface area contributed by atoms with Crippen molar-refractivity contribution in [1.82, 2.24) is 9.29 Å². The molecular formula is C24H28N2O4S. The number of fused-ring (bicyclic) bond motifs is 1. The monoisotopic (exact) mass is 440 g/mol. The Labute approximate surface area is 182 Å². The minimum absolute atomic E-state index is 0.0532. The maximum absolute atomic E-state index is 13.6. The van der Waals surface area contributed by atoms with Crippen LogP contribution in [-0.2, 0) is 16.6 Å². The van der Waals surface area contributed by atoms with Gasteiger partial charge in [-0.3, -0.25) is 4.79 Å². The molecule has 1 fully saturated rings. The molecule has 0 atom stereocenters. The summed E-state index contributed by atoms with van der Waals surface area (Å²) in [5.41, 5.74) is 3.12. The minimum atomic E-state index is -3.77. The van der Waals surface area contributed by atoms with Gasteiger partial charge in [0.1, 0.15) is 5.75 Å². The molecule has 7 heteroatoms. The van der Waals surface area contributed by atoms with Crippen molar-refractivity contribution in [2.24, 2.45) is 0 Å². The number of nitrogens with one attached hydrogen (secondary N) is 1. The van der Waals surface area contributed by atoms with Gasteiger partial charge in [0.05, 0.1) is 12.0 Å². The number of methoxy groups -OCH3 is 1. The third-order valence-corrected chi connectivity index (χ3v) is 8.03. The molecule has 0 amide bonds. The first-order chi connectivity index (χ1) is 14.8. The molecule has 6 nitrogen and oxygen atoms in total. The highest BCUT2D eigenvalue weighted by atomic mass is 32.2. The molecule has 4 rings (SSSR count). The van der Waals surface area contributed by atoms with E-state index in [-0.39, 0.29) is 23.0 Å². The van der Waals surface area contributed by atoms with Gasteiger partial charge in [-0.2, -0.15) is 4.31 Å². The quantitative estimate of drug-likeness (QED) is 0.620. The number of nitrogens with zero attached hydrogens (tertiary/aromatic N) is 1. The maximum atomic E-state index is 13.6. The summed E-state index contributed by atoms with van der Waals surface area (Å²) in [6, 6.07) is 12.2. The van der Waals surface area contributed by atoms with E-state index >= 15 is 0 Å². The summed E-state index contributed by atoms with van der Waals surface area (Å²) in [5.74, 6) is 0.600. The van der Waals surface area contributed by atoms with Gasteiger partial charge in [-0.1, -0.05) is 18.9 Å². The second-order valence-electron chi connectivity index (χ2n) is 8.33. The average Bonchev–Trinajstić information content (AvgIpc) is 3.26. The second-order valence-corrected chi connectivity index (χ2v) is 10.2. The molecule has 1 heterocycles. The number of benzene rings is 2. The van der Waals surface area contributed by atoms with E-state index in [1.807, 2.05) is 26.0 Å². The maximum Gasteiger partial charge on any atom is 0.252 e. The zero-order valence-electron chi connectivity index (χ0n) is 18.1. The molecule has 1 N–H and O–H groups in total. The first-order valence-electron chi connectivity index (χ1n) is 10.6. The molecule has 0 saturated heterocycles.